The maximum atomic E-state index is 4.70. The molecule has 0 bridgehead atoms. The van der Waals surface area contributed by atoms with Crippen molar-refractivity contribution in [2.24, 2.45) is 0 Å². The Kier molecular flexibility index (Phi) is 9.71. The van der Waals surface area contributed by atoms with E-state index in [1.165, 1.54) is 99.1 Å². The number of aryl methyl sites for hydroxylation is 4. The average Bonchev–Trinajstić information content (AvgIpc) is 3.80. The molecule has 0 aliphatic heterocycles. The van der Waals surface area contributed by atoms with Crippen molar-refractivity contribution in [1.29, 1.82) is 0 Å². The molecule has 2 aliphatic carbocycles. The molecule has 12 rings (SSSR count). The van der Waals surface area contributed by atoms with Crippen LogP contribution in [0.4, 0.5) is 34.1 Å². The fourth-order valence-electron chi connectivity index (χ4n) is 12.0. The monoisotopic (exact) mass is 872 g/mol. The molecule has 326 valence electrons. The van der Waals surface area contributed by atoms with Crippen LogP contribution >= 0.6 is 0 Å². The van der Waals surface area contributed by atoms with Crippen molar-refractivity contribution in [3.8, 4) is 11.1 Å². The first kappa shape index (κ1) is 41.2. The Morgan fingerprint density at radius 3 is 1.37 bits per heavy atom. The van der Waals surface area contributed by atoms with Crippen LogP contribution in [0, 0.1) is 27.7 Å². The lowest BCUT2D eigenvalue weighted by Crippen LogP contribution is -2.27. The number of hydrogen-bond acceptors (Lipinski definition) is 2. The maximum Gasteiger partial charge on any atom is 0.0737 e. The highest BCUT2D eigenvalue weighted by Crippen LogP contribution is 2.66. The summed E-state index contributed by atoms with van der Waals surface area (Å²) < 4.78 is 0. The molecule has 10 aromatic rings. The molecular weight excluding hydrogens is 821 g/mol. The van der Waals surface area contributed by atoms with Crippen molar-refractivity contribution in [1.82, 2.24) is 0 Å². The van der Waals surface area contributed by atoms with E-state index in [0.29, 0.717) is 0 Å². The molecule has 1 spiro atoms. The number of allylic oxidation sites excluding steroid dienone is 5. The van der Waals surface area contributed by atoms with E-state index >= 15 is 0 Å². The van der Waals surface area contributed by atoms with Crippen LogP contribution in [0.3, 0.4) is 0 Å². The van der Waals surface area contributed by atoms with Crippen molar-refractivity contribution in [3.05, 3.63) is 269 Å². The third-order valence-electron chi connectivity index (χ3n) is 14.4. The molecular formula is C66H52N2. The number of rotatable bonds is 8. The Balaban J connectivity index is 1.15. The predicted octanol–water partition coefficient (Wildman–Crippen LogP) is 18.2. The zero-order valence-corrected chi connectivity index (χ0v) is 39.3. The van der Waals surface area contributed by atoms with E-state index in [2.05, 4.69) is 257 Å². The van der Waals surface area contributed by atoms with Crippen LogP contribution in [0.25, 0.3) is 49.0 Å². The average molecular weight is 873 g/mol. The Bertz CT molecular complexity index is 3530. The Morgan fingerprint density at radius 2 is 0.882 bits per heavy atom. The van der Waals surface area contributed by atoms with Gasteiger partial charge in [0.15, 0.2) is 0 Å². The van der Waals surface area contributed by atoms with E-state index < -0.39 is 5.41 Å². The minimum atomic E-state index is -0.664. The summed E-state index contributed by atoms with van der Waals surface area (Å²) in [6, 6.07) is 72.5. The van der Waals surface area contributed by atoms with Crippen molar-refractivity contribution in [2.75, 3.05) is 9.80 Å². The number of anilines is 6. The molecule has 0 fully saturated rings. The first-order valence-corrected chi connectivity index (χ1v) is 23.8. The number of para-hydroxylation sites is 2. The minimum absolute atomic E-state index is 0.664. The quantitative estimate of drug-likeness (QED) is 0.150. The second kappa shape index (κ2) is 16.0. The molecule has 0 amide bonds. The van der Waals surface area contributed by atoms with Crippen molar-refractivity contribution < 1.29 is 0 Å². The van der Waals surface area contributed by atoms with Crippen LogP contribution in [0.2, 0.25) is 0 Å². The molecule has 2 nitrogen and oxygen atoms in total. The van der Waals surface area contributed by atoms with Crippen LogP contribution < -0.4 is 9.80 Å². The van der Waals surface area contributed by atoms with Crippen molar-refractivity contribution >= 4 is 72.0 Å². The van der Waals surface area contributed by atoms with Gasteiger partial charge < -0.3 is 9.80 Å². The molecule has 0 aromatic heterocycles. The van der Waals surface area contributed by atoms with E-state index in [1.807, 2.05) is 0 Å². The zero-order chi connectivity index (χ0) is 46.3. The SMILES string of the molecule is C=CC1=C(/C=C\C)c2c(ccc3ccccc23)C12c1c(ccc3cc(N(c4ccccc4)c4cc(C)cc(C)c4)ccc13)-c1ccc3cc(N(c4ccccc4)c4cc(C)cc(C)c4)ccc3c12. The smallest absolute Gasteiger partial charge is 0.0737 e. The lowest BCUT2D eigenvalue weighted by Gasteiger charge is -2.34. The molecule has 10 aromatic carbocycles. The van der Waals surface area contributed by atoms with Gasteiger partial charge in [-0.25, -0.2) is 0 Å². The molecule has 0 saturated heterocycles. The van der Waals surface area contributed by atoms with Gasteiger partial charge in [0.2, 0.25) is 0 Å². The molecule has 0 N–H and O–H groups in total. The van der Waals surface area contributed by atoms with Crippen LogP contribution in [0.1, 0.15) is 51.4 Å². The topological polar surface area (TPSA) is 6.48 Å². The van der Waals surface area contributed by atoms with E-state index in [4.69, 9.17) is 6.58 Å². The van der Waals surface area contributed by atoms with Gasteiger partial charge in [-0.2, -0.15) is 0 Å². The van der Waals surface area contributed by atoms with Crippen molar-refractivity contribution in [3.63, 3.8) is 0 Å². The normalized spacial score (nSPS) is 13.4. The Labute approximate surface area is 400 Å². The highest BCUT2D eigenvalue weighted by atomic mass is 15.1. The van der Waals surface area contributed by atoms with Gasteiger partial charge >= 0.3 is 0 Å². The number of fused-ring (bicyclic) bond motifs is 13. The summed E-state index contributed by atoms with van der Waals surface area (Å²) >= 11 is 0. The van der Waals surface area contributed by atoms with Gasteiger partial charge in [-0.15, -0.1) is 0 Å². The van der Waals surface area contributed by atoms with Crippen LogP contribution in [0.5, 0.6) is 0 Å². The third-order valence-corrected chi connectivity index (χ3v) is 14.4. The molecule has 0 atom stereocenters. The standard InChI is InChI=1S/C66H52N2/c1-7-17-60-61(8-2)66(62-33-26-46-18-15-16-23-55(46)63(60)62)64-56-31-27-51(67(49-19-11-9-12-20-49)53-36-42(3)34-43(4)37-53)40-47(56)24-29-58(64)59-30-25-48-41-52(28-32-57(48)65(59)66)68(50-21-13-10-14-22-50)54-38-44(5)35-45(6)39-54/h7-41H,2H2,1,3-6H3/b17-7-. The second-order valence-corrected chi connectivity index (χ2v) is 18.8. The molecule has 0 radical (unpaired) electrons. The fraction of sp³-hybridized carbons (Fsp3) is 0.0909. The Morgan fingerprint density at radius 1 is 0.412 bits per heavy atom. The van der Waals surface area contributed by atoms with E-state index in [-0.39, 0.29) is 0 Å². The van der Waals surface area contributed by atoms with Crippen LogP contribution in [-0.4, -0.2) is 0 Å². The van der Waals surface area contributed by atoms with Gasteiger partial charge in [-0.3, -0.25) is 0 Å². The van der Waals surface area contributed by atoms with Gasteiger partial charge in [-0.1, -0.05) is 146 Å². The summed E-state index contributed by atoms with van der Waals surface area (Å²) in [7, 11) is 0. The highest BCUT2D eigenvalue weighted by molar-refractivity contribution is 6.13. The van der Waals surface area contributed by atoms with Gasteiger partial charge in [0.25, 0.3) is 0 Å². The Hall–Kier alpha value is -8.20. The predicted molar refractivity (Wildman–Crippen MR) is 291 cm³/mol. The maximum absolute atomic E-state index is 4.70. The molecule has 2 aliphatic rings. The molecule has 0 heterocycles. The van der Waals surface area contributed by atoms with E-state index in [1.54, 1.807) is 0 Å². The second-order valence-electron chi connectivity index (χ2n) is 18.8. The van der Waals surface area contributed by atoms with E-state index in [0.717, 1.165) is 34.1 Å². The van der Waals surface area contributed by atoms with Gasteiger partial charge in [0, 0.05) is 34.1 Å². The fourth-order valence-corrected chi connectivity index (χ4v) is 12.0. The van der Waals surface area contributed by atoms with E-state index in [9.17, 15) is 0 Å². The molecule has 2 heteroatoms. The number of nitrogens with zero attached hydrogens (tertiary/aromatic N) is 2. The van der Waals surface area contributed by atoms with Gasteiger partial charge in [-0.05, 0) is 207 Å². The lowest BCUT2D eigenvalue weighted by molar-refractivity contribution is 0.803. The summed E-state index contributed by atoms with van der Waals surface area (Å²) in [6.07, 6.45) is 6.68. The molecule has 0 saturated carbocycles. The molecule has 0 unspecified atom stereocenters. The highest BCUT2D eigenvalue weighted by Gasteiger charge is 2.54. The summed E-state index contributed by atoms with van der Waals surface area (Å²) in [5.74, 6) is 0. The minimum Gasteiger partial charge on any atom is -0.310 e. The summed E-state index contributed by atoms with van der Waals surface area (Å²) in [5, 5.41) is 7.37. The van der Waals surface area contributed by atoms with Crippen molar-refractivity contribution in [2.45, 2.75) is 40.0 Å². The van der Waals surface area contributed by atoms with Gasteiger partial charge in [0.1, 0.15) is 0 Å². The first-order chi connectivity index (χ1) is 33.3. The largest absolute Gasteiger partial charge is 0.310 e. The third kappa shape index (κ3) is 6.25. The summed E-state index contributed by atoms with van der Waals surface area (Å²) in [5.41, 5.74) is 21.3. The zero-order valence-electron chi connectivity index (χ0n) is 39.3. The lowest BCUT2D eigenvalue weighted by atomic mass is 9.67. The molecule has 68 heavy (non-hydrogen) atoms. The summed E-state index contributed by atoms with van der Waals surface area (Å²) in [6.45, 7) is 15.6. The summed E-state index contributed by atoms with van der Waals surface area (Å²) in [4.78, 5) is 4.80. The number of hydrogen-bond donors (Lipinski definition) is 0. The van der Waals surface area contributed by atoms with Crippen LogP contribution in [0.15, 0.2) is 225 Å². The first-order valence-electron chi connectivity index (χ1n) is 23.8. The number of benzene rings is 10. The van der Waals surface area contributed by atoms with Gasteiger partial charge in [0.05, 0.1) is 5.41 Å². The van der Waals surface area contributed by atoms with Crippen LogP contribution in [-0.2, 0) is 5.41 Å².